The van der Waals surface area contributed by atoms with Gasteiger partial charge in [0.15, 0.2) is 0 Å². The number of aryl methyl sites for hydroxylation is 1. The quantitative estimate of drug-likeness (QED) is 0.902. The van der Waals surface area contributed by atoms with Crippen LogP contribution in [0.15, 0.2) is 17.1 Å². The molecule has 2 nitrogen and oxygen atoms in total. The summed E-state index contributed by atoms with van der Waals surface area (Å²) in [5.74, 6) is 0. The van der Waals surface area contributed by atoms with Crippen LogP contribution in [0.4, 0.5) is 8.78 Å². The maximum atomic E-state index is 11.8. The van der Waals surface area contributed by atoms with Gasteiger partial charge < -0.3 is 9.72 Å². The van der Waals surface area contributed by atoms with Crippen LogP contribution < -0.4 is 10.6 Å². The first kappa shape index (κ1) is 13.1. The molecule has 0 saturated carbocycles. The van der Waals surface area contributed by atoms with Gasteiger partial charge in [0.2, 0.25) is 0 Å². The van der Waals surface area contributed by atoms with Crippen molar-refractivity contribution in [2.75, 3.05) is 6.61 Å². The number of nitrogens with one attached hydrogen (secondary N) is 1. The Morgan fingerprint density at radius 3 is 2.94 bits per heavy atom. The molecule has 5 heteroatoms. The van der Waals surface area contributed by atoms with E-state index in [0.717, 1.165) is 16.3 Å². The molecule has 1 rings (SSSR count). The lowest BCUT2D eigenvalue weighted by molar-refractivity contribution is -0.116. The SMILES string of the molecule is C=C(Br)/C=c1/[nH]c(C)c/c1=C/COC(F)F. The third kappa shape index (κ3) is 4.28. The molecule has 1 aromatic rings. The highest BCUT2D eigenvalue weighted by Gasteiger charge is 1.98. The van der Waals surface area contributed by atoms with E-state index in [1.807, 2.05) is 13.0 Å². The highest BCUT2D eigenvalue weighted by atomic mass is 79.9. The number of hydrogen-bond acceptors (Lipinski definition) is 1. The summed E-state index contributed by atoms with van der Waals surface area (Å²) in [5, 5.41) is 1.64. The lowest BCUT2D eigenvalue weighted by Crippen LogP contribution is -2.23. The average molecular weight is 292 g/mol. The molecule has 0 unspecified atom stereocenters. The molecule has 0 aromatic carbocycles. The highest BCUT2D eigenvalue weighted by Crippen LogP contribution is 2.00. The molecule has 0 amide bonds. The van der Waals surface area contributed by atoms with Crippen molar-refractivity contribution < 1.29 is 13.5 Å². The minimum Gasteiger partial charge on any atom is -0.359 e. The fourth-order valence-corrected chi connectivity index (χ4v) is 1.52. The first-order valence-electron chi connectivity index (χ1n) is 4.60. The molecule has 0 aliphatic carbocycles. The maximum Gasteiger partial charge on any atom is 0.345 e. The van der Waals surface area contributed by atoms with E-state index >= 15 is 0 Å². The number of aromatic nitrogens is 1. The molecular formula is C11H12BrF2NO. The summed E-state index contributed by atoms with van der Waals surface area (Å²) < 4.78 is 28.4. The molecule has 0 aliphatic heterocycles. The van der Waals surface area contributed by atoms with E-state index in [2.05, 4.69) is 32.2 Å². The lowest BCUT2D eigenvalue weighted by Gasteiger charge is -1.95. The third-order valence-corrected chi connectivity index (χ3v) is 2.07. The fourth-order valence-electron chi connectivity index (χ4n) is 1.29. The average Bonchev–Trinajstić information content (AvgIpc) is 2.44. The van der Waals surface area contributed by atoms with Gasteiger partial charge in [0.1, 0.15) is 0 Å². The Labute approximate surface area is 100 Å². The van der Waals surface area contributed by atoms with Crippen molar-refractivity contribution in [3.05, 3.63) is 33.4 Å². The molecule has 0 bridgehead atoms. The van der Waals surface area contributed by atoms with Crippen molar-refractivity contribution in [2.45, 2.75) is 13.5 Å². The van der Waals surface area contributed by atoms with Crippen molar-refractivity contribution >= 4 is 28.1 Å². The normalized spacial score (nSPS) is 13.8. The standard InChI is InChI=1S/C11H12BrF2NO/c1-7(12)5-10-9(6-8(2)15-10)3-4-16-11(13)14/h3,5-6,11,15H,1,4H2,2H3/b9-3-,10-5+. The summed E-state index contributed by atoms with van der Waals surface area (Å²) in [6.45, 7) is 2.71. The van der Waals surface area contributed by atoms with Crippen LogP contribution >= 0.6 is 15.9 Å². The first-order valence-corrected chi connectivity index (χ1v) is 5.40. The Balaban J connectivity index is 2.99. The Hall–Kier alpha value is -0.940. The van der Waals surface area contributed by atoms with Gasteiger partial charge >= 0.3 is 6.61 Å². The number of alkyl halides is 2. The Bertz CT molecular complexity index is 479. The van der Waals surface area contributed by atoms with Gasteiger partial charge in [0.25, 0.3) is 0 Å². The number of aromatic amines is 1. The molecule has 0 spiro atoms. The number of halogens is 3. The number of H-pyrrole nitrogens is 1. The van der Waals surface area contributed by atoms with Crippen LogP contribution in [0.25, 0.3) is 12.2 Å². The molecular weight excluding hydrogens is 280 g/mol. The summed E-state index contributed by atoms with van der Waals surface area (Å²) in [4.78, 5) is 3.09. The van der Waals surface area contributed by atoms with Gasteiger partial charge in [-0.15, -0.1) is 0 Å². The van der Waals surface area contributed by atoms with Crippen LogP contribution in [-0.4, -0.2) is 18.2 Å². The maximum absolute atomic E-state index is 11.8. The second-order valence-corrected chi connectivity index (χ2v) is 4.23. The van der Waals surface area contributed by atoms with Crippen LogP contribution in [0, 0.1) is 6.92 Å². The van der Waals surface area contributed by atoms with Crippen LogP contribution in [0.2, 0.25) is 0 Å². The van der Waals surface area contributed by atoms with Crippen molar-refractivity contribution in [1.82, 2.24) is 4.98 Å². The summed E-state index contributed by atoms with van der Waals surface area (Å²) in [5.41, 5.74) is 0.947. The number of hydrogen-bond donors (Lipinski definition) is 1. The van der Waals surface area contributed by atoms with Crippen molar-refractivity contribution in [1.29, 1.82) is 0 Å². The summed E-state index contributed by atoms with van der Waals surface area (Å²) in [6.07, 6.45) is 3.37. The van der Waals surface area contributed by atoms with E-state index in [9.17, 15) is 8.78 Å². The molecule has 0 saturated heterocycles. The predicted octanol–water partition coefficient (Wildman–Crippen LogP) is 2.03. The zero-order chi connectivity index (χ0) is 12.1. The molecule has 16 heavy (non-hydrogen) atoms. The van der Waals surface area contributed by atoms with Gasteiger partial charge in [-0.3, -0.25) is 0 Å². The number of ether oxygens (including phenoxy) is 1. The Kier molecular flexibility index (Phi) is 4.89. The molecule has 0 fully saturated rings. The van der Waals surface area contributed by atoms with E-state index in [0.29, 0.717) is 4.48 Å². The molecule has 1 N–H and O–H groups in total. The minimum atomic E-state index is -2.74. The Morgan fingerprint density at radius 1 is 1.69 bits per heavy atom. The molecule has 0 aliphatic rings. The molecule has 0 atom stereocenters. The molecule has 1 heterocycles. The summed E-state index contributed by atoms with van der Waals surface area (Å²) >= 11 is 3.21. The van der Waals surface area contributed by atoms with E-state index in [1.165, 1.54) is 0 Å². The smallest absolute Gasteiger partial charge is 0.345 e. The monoisotopic (exact) mass is 291 g/mol. The summed E-state index contributed by atoms with van der Waals surface area (Å²) in [6, 6.07) is 1.86. The van der Waals surface area contributed by atoms with Crippen molar-refractivity contribution in [3.8, 4) is 0 Å². The highest BCUT2D eigenvalue weighted by molar-refractivity contribution is 9.12. The summed E-state index contributed by atoms with van der Waals surface area (Å²) in [7, 11) is 0. The fraction of sp³-hybridized carbons (Fsp3) is 0.273. The van der Waals surface area contributed by atoms with Crippen LogP contribution in [-0.2, 0) is 4.74 Å². The van der Waals surface area contributed by atoms with Gasteiger partial charge in [0.05, 0.1) is 6.61 Å². The molecule has 1 aromatic heterocycles. The first-order chi connectivity index (χ1) is 7.49. The second kappa shape index (κ2) is 5.96. The topological polar surface area (TPSA) is 25.0 Å². The third-order valence-electron chi connectivity index (χ3n) is 1.84. The van der Waals surface area contributed by atoms with E-state index in [4.69, 9.17) is 0 Å². The number of rotatable bonds is 4. The molecule has 0 radical (unpaired) electrons. The largest absolute Gasteiger partial charge is 0.359 e. The van der Waals surface area contributed by atoms with Crippen LogP contribution in [0.5, 0.6) is 0 Å². The number of allylic oxidation sites excluding steroid dienone is 1. The zero-order valence-electron chi connectivity index (χ0n) is 8.77. The van der Waals surface area contributed by atoms with E-state index in [-0.39, 0.29) is 6.61 Å². The predicted molar refractivity (Wildman–Crippen MR) is 63.7 cm³/mol. The van der Waals surface area contributed by atoms with Gasteiger partial charge in [-0.25, -0.2) is 0 Å². The zero-order valence-corrected chi connectivity index (χ0v) is 10.4. The van der Waals surface area contributed by atoms with Crippen LogP contribution in [0.1, 0.15) is 5.69 Å². The van der Waals surface area contributed by atoms with Gasteiger partial charge in [-0.2, -0.15) is 8.78 Å². The van der Waals surface area contributed by atoms with Gasteiger partial charge in [-0.05, 0) is 30.4 Å². The van der Waals surface area contributed by atoms with Crippen molar-refractivity contribution in [3.63, 3.8) is 0 Å². The molecule has 88 valence electrons. The lowest BCUT2D eigenvalue weighted by atomic mass is 10.3. The minimum absolute atomic E-state index is 0.120. The second-order valence-electron chi connectivity index (χ2n) is 3.21. The van der Waals surface area contributed by atoms with Gasteiger partial charge in [0, 0.05) is 15.5 Å². The van der Waals surface area contributed by atoms with E-state index < -0.39 is 6.61 Å². The Morgan fingerprint density at radius 2 is 2.38 bits per heavy atom. The van der Waals surface area contributed by atoms with Gasteiger partial charge in [-0.1, -0.05) is 22.5 Å². The van der Waals surface area contributed by atoms with E-state index in [1.54, 1.807) is 12.2 Å². The van der Waals surface area contributed by atoms with Crippen molar-refractivity contribution in [2.24, 2.45) is 0 Å². The van der Waals surface area contributed by atoms with Crippen LogP contribution in [0.3, 0.4) is 0 Å².